The SMILES string of the molecule is CC.CC1C=NN=C1. The van der Waals surface area contributed by atoms with Gasteiger partial charge in [-0.25, -0.2) is 0 Å². The van der Waals surface area contributed by atoms with Crippen molar-refractivity contribution in [1.29, 1.82) is 0 Å². The predicted octanol–water partition coefficient (Wildman–Crippen LogP) is 1.72. The summed E-state index contributed by atoms with van der Waals surface area (Å²) >= 11 is 0. The van der Waals surface area contributed by atoms with Crippen LogP contribution in [0.3, 0.4) is 0 Å². The van der Waals surface area contributed by atoms with Crippen LogP contribution in [0.5, 0.6) is 0 Å². The standard InChI is InChI=1S/C4H6N2.C2H6/c1-4-2-5-6-3-4;1-2/h2-4H,1H3;1-2H3. The van der Waals surface area contributed by atoms with Crippen LogP contribution in [-0.2, 0) is 0 Å². The molecule has 1 aliphatic heterocycles. The smallest absolute Gasteiger partial charge is 0.0352 e. The molecule has 0 aromatic heterocycles. The van der Waals surface area contributed by atoms with Crippen molar-refractivity contribution in [2.45, 2.75) is 20.8 Å². The highest BCUT2D eigenvalue weighted by molar-refractivity contribution is 5.86. The lowest BCUT2D eigenvalue weighted by Gasteiger charge is -1.78. The molecule has 1 heterocycles. The molecule has 0 bridgehead atoms. The van der Waals surface area contributed by atoms with Crippen molar-refractivity contribution in [1.82, 2.24) is 0 Å². The van der Waals surface area contributed by atoms with Gasteiger partial charge in [0.1, 0.15) is 0 Å². The van der Waals surface area contributed by atoms with Crippen LogP contribution in [0.15, 0.2) is 10.2 Å². The number of rotatable bonds is 0. The number of hydrogen-bond acceptors (Lipinski definition) is 2. The first-order valence-electron chi connectivity index (χ1n) is 2.96. The van der Waals surface area contributed by atoms with Crippen molar-refractivity contribution >= 4 is 12.4 Å². The fraction of sp³-hybridized carbons (Fsp3) is 0.667. The Morgan fingerprint density at radius 3 is 1.62 bits per heavy atom. The van der Waals surface area contributed by atoms with Crippen molar-refractivity contribution in [3.8, 4) is 0 Å². The minimum absolute atomic E-state index is 0.463. The van der Waals surface area contributed by atoms with Crippen LogP contribution in [-0.4, -0.2) is 12.4 Å². The van der Waals surface area contributed by atoms with Gasteiger partial charge in [0.25, 0.3) is 0 Å². The van der Waals surface area contributed by atoms with Gasteiger partial charge in [-0.2, -0.15) is 10.2 Å². The van der Waals surface area contributed by atoms with E-state index in [-0.39, 0.29) is 0 Å². The summed E-state index contributed by atoms with van der Waals surface area (Å²) in [6.45, 7) is 6.04. The Morgan fingerprint density at radius 2 is 1.50 bits per heavy atom. The van der Waals surface area contributed by atoms with Crippen molar-refractivity contribution in [2.75, 3.05) is 0 Å². The molecule has 0 N–H and O–H groups in total. The Hall–Kier alpha value is -0.660. The predicted molar refractivity (Wildman–Crippen MR) is 37.5 cm³/mol. The summed E-state index contributed by atoms with van der Waals surface area (Å²) in [5, 5.41) is 7.22. The molecule has 1 rings (SSSR count). The highest BCUT2D eigenvalue weighted by Gasteiger charge is 1.93. The Bertz CT molecular complexity index is 82.7. The van der Waals surface area contributed by atoms with E-state index in [0.717, 1.165) is 0 Å². The van der Waals surface area contributed by atoms with Gasteiger partial charge in [-0.15, -0.1) is 0 Å². The van der Waals surface area contributed by atoms with E-state index in [4.69, 9.17) is 0 Å². The third-order valence-electron chi connectivity index (χ3n) is 0.670. The van der Waals surface area contributed by atoms with E-state index in [9.17, 15) is 0 Å². The molecule has 2 heteroatoms. The Labute approximate surface area is 50.3 Å². The third-order valence-corrected chi connectivity index (χ3v) is 0.670. The summed E-state index contributed by atoms with van der Waals surface area (Å²) in [7, 11) is 0. The Balaban J connectivity index is 0.000000222. The van der Waals surface area contributed by atoms with E-state index in [0.29, 0.717) is 5.92 Å². The molecular weight excluding hydrogens is 100 g/mol. The van der Waals surface area contributed by atoms with Gasteiger partial charge in [-0.1, -0.05) is 20.8 Å². The first-order chi connectivity index (χ1) is 3.89. The fourth-order valence-corrected chi connectivity index (χ4v) is 0.326. The van der Waals surface area contributed by atoms with E-state index < -0.39 is 0 Å². The van der Waals surface area contributed by atoms with Crippen LogP contribution in [0.4, 0.5) is 0 Å². The van der Waals surface area contributed by atoms with Crippen LogP contribution in [0.1, 0.15) is 20.8 Å². The van der Waals surface area contributed by atoms with Gasteiger partial charge in [0, 0.05) is 18.3 Å². The molecule has 0 amide bonds. The highest BCUT2D eigenvalue weighted by Crippen LogP contribution is 1.91. The molecule has 0 spiro atoms. The molecule has 0 aromatic carbocycles. The average Bonchev–Trinajstić information content (AvgIpc) is 2.24. The average molecular weight is 112 g/mol. The van der Waals surface area contributed by atoms with Crippen LogP contribution in [0, 0.1) is 5.92 Å². The molecule has 0 unspecified atom stereocenters. The van der Waals surface area contributed by atoms with Crippen molar-refractivity contribution in [3.05, 3.63) is 0 Å². The highest BCUT2D eigenvalue weighted by atomic mass is 15.2. The molecule has 1 aliphatic rings. The fourth-order valence-electron chi connectivity index (χ4n) is 0.326. The molecule has 46 valence electrons. The maximum atomic E-state index is 3.61. The van der Waals surface area contributed by atoms with Gasteiger partial charge < -0.3 is 0 Å². The minimum Gasteiger partial charge on any atom is -0.163 e. The topological polar surface area (TPSA) is 24.7 Å². The van der Waals surface area contributed by atoms with Crippen molar-refractivity contribution < 1.29 is 0 Å². The zero-order chi connectivity index (χ0) is 6.41. The number of hydrogen-bond donors (Lipinski definition) is 0. The van der Waals surface area contributed by atoms with Crippen molar-refractivity contribution in [3.63, 3.8) is 0 Å². The second-order valence-electron chi connectivity index (χ2n) is 1.39. The Morgan fingerprint density at radius 1 is 1.12 bits per heavy atom. The van der Waals surface area contributed by atoms with Crippen LogP contribution in [0.2, 0.25) is 0 Å². The second-order valence-corrected chi connectivity index (χ2v) is 1.39. The van der Waals surface area contributed by atoms with Crippen LogP contribution >= 0.6 is 0 Å². The van der Waals surface area contributed by atoms with Gasteiger partial charge in [0.2, 0.25) is 0 Å². The first kappa shape index (κ1) is 7.34. The molecule has 0 radical (unpaired) electrons. The lowest BCUT2D eigenvalue weighted by atomic mass is 10.2. The maximum Gasteiger partial charge on any atom is 0.0352 e. The van der Waals surface area contributed by atoms with E-state index >= 15 is 0 Å². The van der Waals surface area contributed by atoms with Gasteiger partial charge in [0.05, 0.1) is 0 Å². The molecule has 0 aromatic rings. The van der Waals surface area contributed by atoms with E-state index in [1.807, 2.05) is 20.8 Å². The summed E-state index contributed by atoms with van der Waals surface area (Å²) in [4.78, 5) is 0. The summed E-state index contributed by atoms with van der Waals surface area (Å²) in [5.41, 5.74) is 0. The molecule has 0 atom stereocenters. The lowest BCUT2D eigenvalue weighted by molar-refractivity contribution is 1.15. The molecule has 0 saturated carbocycles. The summed E-state index contributed by atoms with van der Waals surface area (Å²) in [5.74, 6) is 0.463. The molecule has 0 fully saturated rings. The second kappa shape index (κ2) is 4.50. The van der Waals surface area contributed by atoms with Crippen LogP contribution in [0.25, 0.3) is 0 Å². The summed E-state index contributed by atoms with van der Waals surface area (Å²) in [6, 6.07) is 0. The van der Waals surface area contributed by atoms with E-state index in [2.05, 4.69) is 10.2 Å². The summed E-state index contributed by atoms with van der Waals surface area (Å²) < 4.78 is 0. The maximum absolute atomic E-state index is 3.61. The molecule has 8 heavy (non-hydrogen) atoms. The molecule has 2 nitrogen and oxygen atoms in total. The largest absolute Gasteiger partial charge is 0.163 e. The van der Waals surface area contributed by atoms with Gasteiger partial charge >= 0.3 is 0 Å². The van der Waals surface area contributed by atoms with Crippen LogP contribution < -0.4 is 0 Å². The zero-order valence-electron chi connectivity index (χ0n) is 5.63. The summed E-state index contributed by atoms with van der Waals surface area (Å²) in [6.07, 6.45) is 3.61. The van der Waals surface area contributed by atoms with Crippen molar-refractivity contribution in [2.24, 2.45) is 16.1 Å². The molecule has 0 aliphatic carbocycles. The quantitative estimate of drug-likeness (QED) is 0.456. The first-order valence-corrected chi connectivity index (χ1v) is 2.96. The van der Waals surface area contributed by atoms with Gasteiger partial charge in [0.15, 0.2) is 0 Å². The van der Waals surface area contributed by atoms with Gasteiger partial charge in [-0.05, 0) is 0 Å². The molecule has 0 saturated heterocycles. The van der Waals surface area contributed by atoms with Gasteiger partial charge in [-0.3, -0.25) is 0 Å². The minimum atomic E-state index is 0.463. The Kier molecular flexibility index (Phi) is 4.13. The monoisotopic (exact) mass is 112 g/mol. The normalized spacial score (nSPS) is 15.9. The lowest BCUT2D eigenvalue weighted by Crippen LogP contribution is -1.88. The van der Waals surface area contributed by atoms with E-state index in [1.54, 1.807) is 12.4 Å². The van der Waals surface area contributed by atoms with E-state index in [1.165, 1.54) is 0 Å². The zero-order valence-corrected chi connectivity index (χ0v) is 5.63. The molecular formula is C6H12N2. The third kappa shape index (κ3) is 2.50. The number of nitrogens with zero attached hydrogens (tertiary/aromatic N) is 2.